The fourth-order valence-corrected chi connectivity index (χ4v) is 2.62. The van der Waals surface area contributed by atoms with Crippen molar-refractivity contribution in [3.63, 3.8) is 0 Å². The van der Waals surface area contributed by atoms with Crippen LogP contribution in [0.5, 0.6) is 11.5 Å². The summed E-state index contributed by atoms with van der Waals surface area (Å²) in [6.07, 6.45) is 3.47. The van der Waals surface area contributed by atoms with E-state index < -0.39 is 12.1 Å². The first-order valence-corrected chi connectivity index (χ1v) is 7.47. The zero-order chi connectivity index (χ0) is 15.2. The van der Waals surface area contributed by atoms with E-state index in [-0.39, 0.29) is 17.4 Å². The molecular weight excluding hydrogens is 272 g/mol. The van der Waals surface area contributed by atoms with Crippen LogP contribution in [-0.4, -0.2) is 35.0 Å². The maximum atomic E-state index is 11.4. The number of aromatic carboxylic acids is 1. The molecule has 0 aromatic heterocycles. The summed E-state index contributed by atoms with van der Waals surface area (Å²) in [7, 11) is 0. The highest BCUT2D eigenvalue weighted by Gasteiger charge is 2.27. The van der Waals surface area contributed by atoms with Crippen molar-refractivity contribution >= 4 is 5.97 Å². The standard InChI is InChI=1S/C16H22O5/c1-2-20-14-10-6-7-11(16(18)19)15(14)21-13-9-5-3-4-8-12(13)17/h6-7,10,12-13,17H,2-5,8-9H2,1H3,(H,18,19). The van der Waals surface area contributed by atoms with Crippen molar-refractivity contribution in [1.29, 1.82) is 0 Å². The number of hydrogen-bond acceptors (Lipinski definition) is 4. The van der Waals surface area contributed by atoms with Gasteiger partial charge in [-0.05, 0) is 38.3 Å². The summed E-state index contributed by atoms with van der Waals surface area (Å²) < 4.78 is 11.3. The van der Waals surface area contributed by atoms with Gasteiger partial charge in [0.25, 0.3) is 0 Å². The van der Waals surface area contributed by atoms with Crippen LogP contribution in [0.2, 0.25) is 0 Å². The van der Waals surface area contributed by atoms with Gasteiger partial charge in [-0.1, -0.05) is 18.9 Å². The number of carboxylic acids is 1. The monoisotopic (exact) mass is 294 g/mol. The molecule has 0 amide bonds. The molecule has 2 unspecified atom stereocenters. The normalized spacial score (nSPS) is 22.4. The lowest BCUT2D eigenvalue weighted by Crippen LogP contribution is -2.31. The molecule has 0 bridgehead atoms. The Hall–Kier alpha value is -1.75. The minimum Gasteiger partial charge on any atom is -0.490 e. The van der Waals surface area contributed by atoms with Crippen LogP contribution >= 0.6 is 0 Å². The number of rotatable bonds is 5. The Bertz CT molecular complexity index is 486. The van der Waals surface area contributed by atoms with Crippen molar-refractivity contribution in [2.24, 2.45) is 0 Å². The molecule has 0 saturated heterocycles. The molecule has 0 spiro atoms. The summed E-state index contributed by atoms with van der Waals surface area (Å²) in [4.78, 5) is 11.4. The average molecular weight is 294 g/mol. The summed E-state index contributed by atoms with van der Waals surface area (Å²) >= 11 is 0. The van der Waals surface area contributed by atoms with Crippen molar-refractivity contribution < 1.29 is 24.5 Å². The molecule has 0 heterocycles. The molecular formula is C16H22O5. The molecule has 1 fully saturated rings. The Kier molecular flexibility index (Phi) is 5.44. The highest BCUT2D eigenvalue weighted by atomic mass is 16.5. The molecule has 2 rings (SSSR count). The number of aliphatic hydroxyl groups is 1. The summed E-state index contributed by atoms with van der Waals surface area (Å²) in [6, 6.07) is 4.81. The Morgan fingerprint density at radius 3 is 2.76 bits per heavy atom. The van der Waals surface area contributed by atoms with E-state index in [9.17, 15) is 15.0 Å². The Labute approximate surface area is 124 Å². The molecule has 21 heavy (non-hydrogen) atoms. The summed E-state index contributed by atoms with van der Waals surface area (Å²) in [5.74, 6) is -0.429. The number of ether oxygens (including phenoxy) is 2. The van der Waals surface area contributed by atoms with Gasteiger partial charge in [0.2, 0.25) is 0 Å². The Balaban J connectivity index is 2.29. The SMILES string of the molecule is CCOc1cccc(C(=O)O)c1OC1CCCCCC1O. The summed E-state index contributed by atoms with van der Waals surface area (Å²) in [5, 5.41) is 19.5. The van der Waals surface area contributed by atoms with Crippen molar-refractivity contribution in [3.8, 4) is 11.5 Å². The zero-order valence-corrected chi connectivity index (χ0v) is 12.2. The van der Waals surface area contributed by atoms with Gasteiger partial charge >= 0.3 is 5.97 Å². The predicted molar refractivity (Wildman–Crippen MR) is 78.1 cm³/mol. The lowest BCUT2D eigenvalue weighted by atomic mass is 10.1. The van der Waals surface area contributed by atoms with Crippen LogP contribution in [0.25, 0.3) is 0 Å². The van der Waals surface area contributed by atoms with Gasteiger partial charge < -0.3 is 19.7 Å². The van der Waals surface area contributed by atoms with Gasteiger partial charge in [0, 0.05) is 0 Å². The molecule has 1 aromatic rings. The van der Waals surface area contributed by atoms with E-state index in [0.29, 0.717) is 18.8 Å². The minimum atomic E-state index is -1.06. The van der Waals surface area contributed by atoms with Crippen LogP contribution < -0.4 is 9.47 Å². The third kappa shape index (κ3) is 3.88. The maximum Gasteiger partial charge on any atom is 0.339 e. The number of carbonyl (C=O) groups is 1. The molecule has 5 nitrogen and oxygen atoms in total. The van der Waals surface area contributed by atoms with E-state index in [4.69, 9.17) is 9.47 Å². The topological polar surface area (TPSA) is 76.0 Å². The van der Waals surface area contributed by atoms with E-state index in [1.54, 1.807) is 12.1 Å². The highest BCUT2D eigenvalue weighted by Crippen LogP contribution is 2.34. The fraction of sp³-hybridized carbons (Fsp3) is 0.562. The largest absolute Gasteiger partial charge is 0.490 e. The molecule has 1 saturated carbocycles. The summed E-state index contributed by atoms with van der Waals surface area (Å²) in [5.41, 5.74) is 0.0670. The van der Waals surface area contributed by atoms with Crippen LogP contribution in [0.3, 0.4) is 0 Å². The van der Waals surface area contributed by atoms with Gasteiger partial charge in [-0.3, -0.25) is 0 Å². The van der Waals surface area contributed by atoms with Gasteiger partial charge in [-0.25, -0.2) is 4.79 Å². The van der Waals surface area contributed by atoms with Crippen LogP contribution in [0.15, 0.2) is 18.2 Å². The molecule has 2 atom stereocenters. The van der Waals surface area contributed by atoms with Crippen molar-refractivity contribution in [3.05, 3.63) is 23.8 Å². The van der Waals surface area contributed by atoms with Gasteiger partial charge in [-0.2, -0.15) is 0 Å². The van der Waals surface area contributed by atoms with Crippen LogP contribution in [0, 0.1) is 0 Å². The number of carboxylic acid groups (broad SMARTS) is 1. The number of benzene rings is 1. The second-order valence-corrected chi connectivity index (χ2v) is 5.23. The number of para-hydroxylation sites is 1. The molecule has 116 valence electrons. The average Bonchev–Trinajstić information content (AvgIpc) is 2.66. The zero-order valence-electron chi connectivity index (χ0n) is 12.2. The Morgan fingerprint density at radius 2 is 2.05 bits per heavy atom. The van der Waals surface area contributed by atoms with Crippen molar-refractivity contribution in [1.82, 2.24) is 0 Å². The van der Waals surface area contributed by atoms with Crippen molar-refractivity contribution in [2.45, 2.75) is 51.2 Å². The quantitative estimate of drug-likeness (QED) is 0.817. The van der Waals surface area contributed by atoms with Crippen LogP contribution in [0.4, 0.5) is 0 Å². The summed E-state index contributed by atoms with van der Waals surface area (Å²) in [6.45, 7) is 2.25. The van der Waals surface area contributed by atoms with Gasteiger partial charge in [0.1, 0.15) is 11.7 Å². The molecule has 5 heteroatoms. The molecule has 1 aromatic carbocycles. The molecule has 2 N–H and O–H groups in total. The number of aliphatic hydroxyl groups excluding tert-OH is 1. The van der Waals surface area contributed by atoms with Gasteiger partial charge in [-0.15, -0.1) is 0 Å². The minimum absolute atomic E-state index is 0.0670. The molecule has 0 aliphatic heterocycles. The fourth-order valence-electron chi connectivity index (χ4n) is 2.62. The van der Waals surface area contributed by atoms with Gasteiger partial charge in [0.05, 0.1) is 12.7 Å². The van der Waals surface area contributed by atoms with E-state index >= 15 is 0 Å². The first kappa shape index (κ1) is 15.6. The van der Waals surface area contributed by atoms with E-state index in [1.165, 1.54) is 6.07 Å². The third-order valence-corrected chi connectivity index (χ3v) is 3.70. The van der Waals surface area contributed by atoms with E-state index in [0.717, 1.165) is 25.7 Å². The molecule has 1 aliphatic rings. The van der Waals surface area contributed by atoms with Crippen molar-refractivity contribution in [2.75, 3.05) is 6.61 Å². The second-order valence-electron chi connectivity index (χ2n) is 5.23. The lowest BCUT2D eigenvalue weighted by molar-refractivity contribution is 0.0287. The van der Waals surface area contributed by atoms with E-state index in [2.05, 4.69) is 0 Å². The predicted octanol–water partition coefficient (Wildman–Crippen LogP) is 2.86. The van der Waals surface area contributed by atoms with Crippen LogP contribution in [0.1, 0.15) is 49.4 Å². The first-order valence-electron chi connectivity index (χ1n) is 7.47. The maximum absolute atomic E-state index is 11.4. The van der Waals surface area contributed by atoms with E-state index in [1.807, 2.05) is 6.92 Å². The smallest absolute Gasteiger partial charge is 0.339 e. The third-order valence-electron chi connectivity index (χ3n) is 3.70. The highest BCUT2D eigenvalue weighted by molar-refractivity contribution is 5.92. The van der Waals surface area contributed by atoms with Gasteiger partial charge in [0.15, 0.2) is 11.5 Å². The second kappa shape index (κ2) is 7.31. The Morgan fingerprint density at radius 1 is 1.29 bits per heavy atom. The lowest BCUT2D eigenvalue weighted by Gasteiger charge is -2.24. The molecule has 1 aliphatic carbocycles. The first-order chi connectivity index (χ1) is 10.1. The molecule has 0 radical (unpaired) electrons. The number of hydrogen-bond donors (Lipinski definition) is 2. The van der Waals surface area contributed by atoms with Crippen LogP contribution in [-0.2, 0) is 0 Å².